The summed E-state index contributed by atoms with van der Waals surface area (Å²) in [4.78, 5) is 12.4. The van der Waals surface area contributed by atoms with E-state index >= 15 is 0 Å². The van der Waals surface area contributed by atoms with Gasteiger partial charge in [-0.05, 0) is 31.0 Å². The second-order valence-corrected chi connectivity index (χ2v) is 4.95. The lowest BCUT2D eigenvalue weighted by Gasteiger charge is -2.16. The predicted molar refractivity (Wildman–Crippen MR) is 84.6 cm³/mol. The van der Waals surface area contributed by atoms with Gasteiger partial charge in [0.25, 0.3) is 5.91 Å². The Labute approximate surface area is 126 Å². The zero-order valence-electron chi connectivity index (χ0n) is 12.5. The van der Waals surface area contributed by atoms with Crippen LogP contribution in [0, 0.1) is 0 Å². The van der Waals surface area contributed by atoms with Crippen LogP contribution in [-0.2, 0) is 0 Å². The van der Waals surface area contributed by atoms with E-state index in [0.717, 1.165) is 12.0 Å². The molecule has 0 fully saturated rings. The molecule has 0 bridgehead atoms. The smallest absolute Gasteiger partial charge is 0.255 e. The highest BCUT2D eigenvalue weighted by Gasteiger charge is 2.15. The number of benzene rings is 2. The Kier molecular flexibility index (Phi) is 5.38. The van der Waals surface area contributed by atoms with Crippen molar-refractivity contribution >= 4 is 5.91 Å². The lowest BCUT2D eigenvalue weighted by molar-refractivity contribution is 0.0936. The minimum absolute atomic E-state index is 0.0436. The number of ether oxygens (including phenoxy) is 1. The van der Waals surface area contributed by atoms with Gasteiger partial charge in [-0.3, -0.25) is 4.79 Å². The van der Waals surface area contributed by atoms with Crippen molar-refractivity contribution in [3.63, 3.8) is 0 Å². The molecule has 0 radical (unpaired) electrons. The number of carbonyl (C=O) groups excluding carboxylic acids is 1. The van der Waals surface area contributed by atoms with Crippen LogP contribution in [0.15, 0.2) is 54.6 Å². The average molecular weight is 283 g/mol. The number of carbonyl (C=O) groups is 1. The van der Waals surface area contributed by atoms with Gasteiger partial charge in [0, 0.05) is 0 Å². The maximum Gasteiger partial charge on any atom is 0.255 e. The Morgan fingerprint density at radius 2 is 1.76 bits per heavy atom. The topological polar surface area (TPSA) is 38.3 Å². The minimum Gasteiger partial charge on any atom is -0.493 e. The van der Waals surface area contributed by atoms with Gasteiger partial charge in [-0.25, -0.2) is 0 Å². The van der Waals surface area contributed by atoms with Crippen molar-refractivity contribution in [2.75, 3.05) is 6.61 Å². The first kappa shape index (κ1) is 15.1. The largest absolute Gasteiger partial charge is 0.493 e. The van der Waals surface area contributed by atoms with E-state index in [-0.39, 0.29) is 11.9 Å². The van der Waals surface area contributed by atoms with Crippen LogP contribution in [0.2, 0.25) is 0 Å². The van der Waals surface area contributed by atoms with Crippen LogP contribution in [0.5, 0.6) is 5.75 Å². The van der Waals surface area contributed by atoms with Crippen LogP contribution in [0.25, 0.3) is 0 Å². The van der Waals surface area contributed by atoms with E-state index in [1.54, 1.807) is 6.07 Å². The first-order valence-corrected chi connectivity index (χ1v) is 7.30. The van der Waals surface area contributed by atoms with Gasteiger partial charge in [-0.15, -0.1) is 0 Å². The van der Waals surface area contributed by atoms with Crippen LogP contribution in [0.3, 0.4) is 0 Å². The average Bonchev–Trinajstić information content (AvgIpc) is 2.54. The number of hydrogen-bond acceptors (Lipinski definition) is 2. The number of nitrogens with one attached hydrogen (secondary N) is 1. The molecule has 3 heteroatoms. The molecule has 0 spiro atoms. The van der Waals surface area contributed by atoms with E-state index < -0.39 is 0 Å². The van der Waals surface area contributed by atoms with Gasteiger partial charge in [0.15, 0.2) is 0 Å². The van der Waals surface area contributed by atoms with Crippen molar-refractivity contribution in [2.24, 2.45) is 0 Å². The lowest BCUT2D eigenvalue weighted by atomic mass is 10.1. The normalized spacial score (nSPS) is 11.7. The molecule has 3 nitrogen and oxygen atoms in total. The summed E-state index contributed by atoms with van der Waals surface area (Å²) in [5, 5.41) is 3.01. The SMILES string of the molecule is CCCOc1ccccc1C(=O)N[C@@H](C)c1ccccc1. The van der Waals surface area contributed by atoms with Crippen LogP contribution < -0.4 is 10.1 Å². The Morgan fingerprint density at radius 3 is 2.48 bits per heavy atom. The van der Waals surface area contributed by atoms with Crippen LogP contribution >= 0.6 is 0 Å². The van der Waals surface area contributed by atoms with E-state index in [1.807, 2.05) is 62.4 Å². The fourth-order valence-electron chi connectivity index (χ4n) is 2.09. The second-order valence-electron chi connectivity index (χ2n) is 4.95. The monoisotopic (exact) mass is 283 g/mol. The summed E-state index contributed by atoms with van der Waals surface area (Å²) in [6.45, 7) is 4.63. The first-order chi connectivity index (χ1) is 10.2. The molecule has 21 heavy (non-hydrogen) atoms. The molecular formula is C18H21NO2. The Bertz CT molecular complexity index is 581. The van der Waals surface area contributed by atoms with Gasteiger partial charge in [0.05, 0.1) is 18.2 Å². The van der Waals surface area contributed by atoms with Crippen molar-refractivity contribution in [3.05, 3.63) is 65.7 Å². The van der Waals surface area contributed by atoms with Gasteiger partial charge in [0.1, 0.15) is 5.75 Å². The molecule has 0 aliphatic heterocycles. The number of rotatable bonds is 6. The number of hydrogen-bond donors (Lipinski definition) is 1. The molecule has 1 atom stereocenters. The molecule has 2 aromatic rings. The fourth-order valence-corrected chi connectivity index (χ4v) is 2.09. The van der Waals surface area contributed by atoms with Crippen molar-refractivity contribution in [3.8, 4) is 5.75 Å². The molecule has 0 aliphatic rings. The molecule has 1 amide bonds. The van der Waals surface area contributed by atoms with Crippen LogP contribution in [-0.4, -0.2) is 12.5 Å². The van der Waals surface area contributed by atoms with Crippen molar-refractivity contribution in [1.29, 1.82) is 0 Å². The number of para-hydroxylation sites is 1. The zero-order chi connectivity index (χ0) is 15.1. The zero-order valence-corrected chi connectivity index (χ0v) is 12.5. The summed E-state index contributed by atoms with van der Waals surface area (Å²) in [7, 11) is 0. The fraction of sp³-hybridized carbons (Fsp3) is 0.278. The summed E-state index contributed by atoms with van der Waals surface area (Å²) < 4.78 is 5.63. The van der Waals surface area contributed by atoms with E-state index in [1.165, 1.54) is 0 Å². The van der Waals surface area contributed by atoms with E-state index in [9.17, 15) is 4.79 Å². The Morgan fingerprint density at radius 1 is 1.10 bits per heavy atom. The van der Waals surface area contributed by atoms with E-state index in [0.29, 0.717) is 17.9 Å². The molecule has 2 rings (SSSR count). The lowest BCUT2D eigenvalue weighted by Crippen LogP contribution is -2.27. The summed E-state index contributed by atoms with van der Waals surface area (Å²) in [6.07, 6.45) is 0.913. The van der Waals surface area contributed by atoms with Gasteiger partial charge >= 0.3 is 0 Å². The summed E-state index contributed by atoms with van der Waals surface area (Å²) in [5.41, 5.74) is 1.66. The maximum atomic E-state index is 12.4. The third-order valence-electron chi connectivity index (χ3n) is 3.24. The molecule has 1 N–H and O–H groups in total. The maximum absolute atomic E-state index is 12.4. The second kappa shape index (κ2) is 7.48. The van der Waals surface area contributed by atoms with Gasteiger partial charge in [-0.1, -0.05) is 49.4 Å². The van der Waals surface area contributed by atoms with E-state index in [4.69, 9.17) is 4.74 Å². The van der Waals surface area contributed by atoms with E-state index in [2.05, 4.69) is 5.32 Å². The van der Waals surface area contributed by atoms with Crippen LogP contribution in [0.1, 0.15) is 42.2 Å². The van der Waals surface area contributed by atoms with Crippen molar-refractivity contribution in [2.45, 2.75) is 26.3 Å². The van der Waals surface area contributed by atoms with Gasteiger partial charge in [-0.2, -0.15) is 0 Å². The summed E-state index contributed by atoms with van der Waals surface area (Å²) >= 11 is 0. The summed E-state index contributed by atoms with van der Waals surface area (Å²) in [5.74, 6) is 0.523. The quantitative estimate of drug-likeness (QED) is 0.871. The summed E-state index contributed by atoms with van der Waals surface area (Å²) in [6, 6.07) is 17.2. The number of amides is 1. The highest BCUT2D eigenvalue weighted by atomic mass is 16.5. The predicted octanol–water partition coefficient (Wildman–Crippen LogP) is 3.97. The highest BCUT2D eigenvalue weighted by Crippen LogP contribution is 2.20. The molecule has 0 heterocycles. The van der Waals surface area contributed by atoms with Crippen molar-refractivity contribution in [1.82, 2.24) is 5.32 Å². The molecule has 0 saturated carbocycles. The first-order valence-electron chi connectivity index (χ1n) is 7.30. The highest BCUT2D eigenvalue weighted by molar-refractivity contribution is 5.97. The Balaban J connectivity index is 2.10. The van der Waals surface area contributed by atoms with Gasteiger partial charge in [0.2, 0.25) is 0 Å². The molecule has 110 valence electrons. The van der Waals surface area contributed by atoms with Crippen molar-refractivity contribution < 1.29 is 9.53 Å². The van der Waals surface area contributed by atoms with Gasteiger partial charge < -0.3 is 10.1 Å². The molecule has 0 saturated heterocycles. The molecule has 0 aliphatic carbocycles. The molecule has 0 unspecified atom stereocenters. The molecule has 0 aromatic heterocycles. The third-order valence-corrected chi connectivity index (χ3v) is 3.24. The minimum atomic E-state index is -0.113. The standard InChI is InChI=1S/C18H21NO2/c1-3-13-21-17-12-8-7-11-16(17)18(20)19-14(2)15-9-5-4-6-10-15/h4-12,14H,3,13H2,1-2H3,(H,19,20)/t14-/m0/s1. The third kappa shape index (κ3) is 4.09. The Hall–Kier alpha value is -2.29. The van der Waals surface area contributed by atoms with Crippen LogP contribution in [0.4, 0.5) is 0 Å². The molecule has 2 aromatic carbocycles. The molecular weight excluding hydrogens is 262 g/mol.